The Kier molecular flexibility index (Phi) is 8.71. The van der Waals surface area contributed by atoms with Crippen LogP contribution in [0.5, 0.6) is 5.75 Å². The molecule has 0 aliphatic carbocycles. The molecule has 4 rings (SSSR count). The number of amides is 1. The van der Waals surface area contributed by atoms with Crippen LogP contribution in [0.3, 0.4) is 0 Å². The second kappa shape index (κ2) is 12.5. The Balaban J connectivity index is 1.56. The molecule has 9 nitrogen and oxygen atoms in total. The first-order valence-electron chi connectivity index (χ1n) is 12.7. The highest BCUT2D eigenvalue weighted by Crippen LogP contribution is 2.24. The van der Waals surface area contributed by atoms with E-state index in [4.69, 9.17) is 4.74 Å². The predicted molar refractivity (Wildman–Crippen MR) is 153 cm³/mol. The van der Waals surface area contributed by atoms with Gasteiger partial charge in [-0.05, 0) is 67.3 Å². The third-order valence-corrected chi connectivity index (χ3v) is 5.98. The standard InChI is InChI=1S/C29H33N7O2/c1-5-20-11-15-22(16-12-20)31-28-34-27(35-29(36-28)32-23-17-13-21(6-2)14-18-23)30-19(3)26(37)33-24-9-7-8-10-25(24)38-4/h7-19H,5-6H2,1-4H3,(H,33,37)(H3,30,31,32,34,35,36)/t19-/m1/s1. The molecule has 9 heteroatoms. The largest absolute Gasteiger partial charge is 0.495 e. The summed E-state index contributed by atoms with van der Waals surface area (Å²) in [5.74, 6) is 1.26. The van der Waals surface area contributed by atoms with Crippen molar-refractivity contribution in [2.24, 2.45) is 0 Å². The van der Waals surface area contributed by atoms with Crippen molar-refractivity contribution < 1.29 is 9.53 Å². The number of anilines is 6. The van der Waals surface area contributed by atoms with Crippen LogP contribution in [0.25, 0.3) is 0 Å². The number of aryl methyl sites for hydroxylation is 2. The summed E-state index contributed by atoms with van der Waals surface area (Å²) < 4.78 is 5.33. The van der Waals surface area contributed by atoms with E-state index in [9.17, 15) is 4.79 Å². The molecule has 1 amide bonds. The van der Waals surface area contributed by atoms with Gasteiger partial charge in [-0.25, -0.2) is 0 Å². The van der Waals surface area contributed by atoms with Gasteiger partial charge in [-0.3, -0.25) is 4.79 Å². The Hall–Kier alpha value is -4.66. The van der Waals surface area contributed by atoms with Gasteiger partial charge in [-0.1, -0.05) is 50.2 Å². The number of para-hydroxylation sites is 2. The highest BCUT2D eigenvalue weighted by molar-refractivity contribution is 5.97. The van der Waals surface area contributed by atoms with E-state index in [1.54, 1.807) is 26.2 Å². The fourth-order valence-electron chi connectivity index (χ4n) is 3.71. The molecular formula is C29H33N7O2. The van der Waals surface area contributed by atoms with E-state index in [2.05, 4.69) is 74.3 Å². The number of nitrogens with one attached hydrogen (secondary N) is 4. The molecule has 0 unspecified atom stereocenters. The summed E-state index contributed by atoms with van der Waals surface area (Å²) in [5.41, 5.74) is 4.75. The lowest BCUT2D eigenvalue weighted by Gasteiger charge is -2.17. The first-order valence-corrected chi connectivity index (χ1v) is 12.7. The van der Waals surface area contributed by atoms with Gasteiger partial charge in [0.1, 0.15) is 11.8 Å². The average Bonchev–Trinajstić information content (AvgIpc) is 2.94. The van der Waals surface area contributed by atoms with Crippen LogP contribution in [0.4, 0.5) is 34.9 Å². The Bertz CT molecular complexity index is 1290. The van der Waals surface area contributed by atoms with Crippen LogP contribution >= 0.6 is 0 Å². The number of carbonyl (C=O) groups excluding carboxylic acids is 1. The first-order chi connectivity index (χ1) is 18.5. The van der Waals surface area contributed by atoms with Crippen LogP contribution in [-0.4, -0.2) is 34.0 Å². The minimum absolute atomic E-state index is 0.253. The van der Waals surface area contributed by atoms with Crippen molar-refractivity contribution in [3.05, 3.63) is 83.9 Å². The molecule has 1 heterocycles. The van der Waals surface area contributed by atoms with Crippen LogP contribution in [0.2, 0.25) is 0 Å². The number of nitrogens with zero attached hydrogens (tertiary/aromatic N) is 3. The molecule has 0 aliphatic rings. The molecule has 0 fully saturated rings. The van der Waals surface area contributed by atoms with Gasteiger partial charge < -0.3 is 26.0 Å². The minimum Gasteiger partial charge on any atom is -0.495 e. The van der Waals surface area contributed by atoms with Crippen LogP contribution in [0, 0.1) is 0 Å². The fraction of sp³-hybridized carbons (Fsp3) is 0.241. The summed E-state index contributed by atoms with van der Waals surface area (Å²) >= 11 is 0. The molecule has 38 heavy (non-hydrogen) atoms. The van der Waals surface area contributed by atoms with Gasteiger partial charge in [0.25, 0.3) is 0 Å². The maximum Gasteiger partial charge on any atom is 0.246 e. The van der Waals surface area contributed by atoms with Crippen molar-refractivity contribution >= 4 is 40.8 Å². The number of hydrogen-bond acceptors (Lipinski definition) is 8. The van der Waals surface area contributed by atoms with Gasteiger partial charge in [-0.2, -0.15) is 15.0 Å². The van der Waals surface area contributed by atoms with Gasteiger partial charge in [0.15, 0.2) is 0 Å². The molecule has 196 valence electrons. The molecule has 4 N–H and O–H groups in total. The second-order valence-corrected chi connectivity index (χ2v) is 8.71. The summed E-state index contributed by atoms with van der Waals surface area (Å²) in [4.78, 5) is 26.5. The molecule has 1 aromatic heterocycles. The van der Waals surface area contributed by atoms with E-state index in [-0.39, 0.29) is 11.9 Å². The van der Waals surface area contributed by atoms with Gasteiger partial charge in [0.2, 0.25) is 23.8 Å². The predicted octanol–water partition coefficient (Wildman–Crippen LogP) is 5.93. The smallest absolute Gasteiger partial charge is 0.246 e. The van der Waals surface area contributed by atoms with E-state index >= 15 is 0 Å². The number of ether oxygens (including phenoxy) is 1. The maximum absolute atomic E-state index is 12.9. The molecule has 4 aromatic rings. The topological polar surface area (TPSA) is 113 Å². The molecule has 0 spiro atoms. The molecule has 0 bridgehead atoms. The molecule has 3 aromatic carbocycles. The zero-order valence-electron chi connectivity index (χ0n) is 22.1. The molecule has 0 saturated carbocycles. The van der Waals surface area contributed by atoms with Gasteiger partial charge >= 0.3 is 0 Å². The van der Waals surface area contributed by atoms with Crippen LogP contribution < -0.4 is 26.0 Å². The van der Waals surface area contributed by atoms with Crippen LogP contribution in [-0.2, 0) is 17.6 Å². The summed E-state index contributed by atoms with van der Waals surface area (Å²) in [6.45, 7) is 5.97. The lowest BCUT2D eigenvalue weighted by molar-refractivity contribution is -0.116. The monoisotopic (exact) mass is 511 g/mol. The quantitative estimate of drug-likeness (QED) is 0.196. The lowest BCUT2D eigenvalue weighted by Crippen LogP contribution is -2.32. The number of aromatic nitrogens is 3. The molecule has 0 saturated heterocycles. The highest BCUT2D eigenvalue weighted by Gasteiger charge is 2.17. The Morgan fingerprint density at radius 1 is 0.763 bits per heavy atom. The number of benzene rings is 3. The molecular weight excluding hydrogens is 478 g/mol. The van der Waals surface area contributed by atoms with Gasteiger partial charge in [-0.15, -0.1) is 0 Å². The fourth-order valence-corrected chi connectivity index (χ4v) is 3.71. The number of carbonyl (C=O) groups is 1. The number of rotatable bonds is 11. The molecule has 1 atom stereocenters. The van der Waals surface area contributed by atoms with E-state index in [1.807, 2.05) is 36.4 Å². The normalized spacial score (nSPS) is 11.4. The first kappa shape index (κ1) is 26.4. The second-order valence-electron chi connectivity index (χ2n) is 8.71. The third-order valence-electron chi connectivity index (χ3n) is 5.98. The average molecular weight is 512 g/mol. The van der Waals surface area contributed by atoms with Gasteiger partial charge in [0, 0.05) is 11.4 Å². The molecule has 0 radical (unpaired) electrons. The zero-order chi connectivity index (χ0) is 26.9. The summed E-state index contributed by atoms with van der Waals surface area (Å²) in [6, 6.07) is 22.8. The van der Waals surface area contributed by atoms with E-state index < -0.39 is 6.04 Å². The number of methoxy groups -OCH3 is 1. The third kappa shape index (κ3) is 6.97. The van der Waals surface area contributed by atoms with Crippen molar-refractivity contribution in [2.45, 2.75) is 39.7 Å². The SMILES string of the molecule is CCc1ccc(Nc2nc(Nc3ccc(CC)cc3)nc(N[C@H](C)C(=O)Nc3ccccc3OC)n2)cc1. The van der Waals surface area contributed by atoms with Crippen molar-refractivity contribution in [1.29, 1.82) is 0 Å². The van der Waals surface area contributed by atoms with Crippen LogP contribution in [0.15, 0.2) is 72.8 Å². The van der Waals surface area contributed by atoms with Crippen molar-refractivity contribution in [3.8, 4) is 5.75 Å². The summed E-state index contributed by atoms with van der Waals surface area (Å²) in [7, 11) is 1.56. The van der Waals surface area contributed by atoms with Gasteiger partial charge in [0.05, 0.1) is 12.8 Å². The zero-order valence-corrected chi connectivity index (χ0v) is 22.1. The highest BCUT2D eigenvalue weighted by atomic mass is 16.5. The Morgan fingerprint density at radius 3 is 1.76 bits per heavy atom. The van der Waals surface area contributed by atoms with E-state index in [1.165, 1.54) is 11.1 Å². The van der Waals surface area contributed by atoms with E-state index in [0.717, 1.165) is 24.2 Å². The van der Waals surface area contributed by atoms with Crippen LogP contribution in [0.1, 0.15) is 31.9 Å². The summed E-state index contributed by atoms with van der Waals surface area (Å²) in [5, 5.41) is 12.5. The Morgan fingerprint density at radius 2 is 1.26 bits per heavy atom. The van der Waals surface area contributed by atoms with E-state index in [0.29, 0.717) is 23.3 Å². The summed E-state index contributed by atoms with van der Waals surface area (Å²) in [6.07, 6.45) is 1.92. The maximum atomic E-state index is 12.9. The van der Waals surface area contributed by atoms with Crippen molar-refractivity contribution in [1.82, 2.24) is 15.0 Å². The minimum atomic E-state index is -0.643. The van der Waals surface area contributed by atoms with Crippen molar-refractivity contribution in [3.63, 3.8) is 0 Å². The Labute approximate surface area is 223 Å². The van der Waals surface area contributed by atoms with Crippen molar-refractivity contribution in [2.75, 3.05) is 28.4 Å². The molecule has 0 aliphatic heterocycles. The lowest BCUT2D eigenvalue weighted by atomic mass is 10.1. The number of hydrogen-bond donors (Lipinski definition) is 4.